The lowest BCUT2D eigenvalue weighted by Crippen LogP contribution is -2.49. The van der Waals surface area contributed by atoms with Crippen LogP contribution in [0.5, 0.6) is 17.2 Å². The van der Waals surface area contributed by atoms with E-state index in [4.69, 9.17) is 26.8 Å². The minimum atomic E-state index is -0.642. The van der Waals surface area contributed by atoms with Crippen molar-refractivity contribution >= 4 is 17.3 Å². The fraction of sp³-hybridized carbons (Fsp3) is 0.429. The Labute approximate surface area is 169 Å². The van der Waals surface area contributed by atoms with E-state index in [9.17, 15) is 10.2 Å². The van der Waals surface area contributed by atoms with Crippen molar-refractivity contribution in [3.8, 4) is 17.2 Å². The van der Waals surface area contributed by atoms with Gasteiger partial charge in [0.25, 0.3) is 0 Å². The van der Waals surface area contributed by atoms with Gasteiger partial charge in [-0.25, -0.2) is 0 Å². The van der Waals surface area contributed by atoms with Gasteiger partial charge in [-0.15, -0.1) is 0 Å². The third-order valence-electron chi connectivity index (χ3n) is 5.53. The number of nitrogens with zero attached hydrogens (tertiary/aromatic N) is 1. The van der Waals surface area contributed by atoms with Crippen LogP contribution in [0.3, 0.4) is 0 Å². The molecule has 2 aliphatic rings. The van der Waals surface area contributed by atoms with Gasteiger partial charge in [0.1, 0.15) is 35.6 Å². The van der Waals surface area contributed by atoms with Crippen LogP contribution in [0.15, 0.2) is 36.4 Å². The Morgan fingerprint density at radius 2 is 2.00 bits per heavy atom. The quantitative estimate of drug-likeness (QED) is 0.524. The summed E-state index contributed by atoms with van der Waals surface area (Å²) in [4.78, 5) is 2.23. The first kappa shape index (κ1) is 19.2. The van der Waals surface area contributed by atoms with Crippen LogP contribution in [-0.4, -0.2) is 53.1 Å². The third kappa shape index (κ3) is 4.14. The molecule has 2 aromatic rings. The topological polar surface area (TPSA) is 88.2 Å². The van der Waals surface area contributed by atoms with Gasteiger partial charge in [0.15, 0.2) is 0 Å². The molecule has 0 amide bonds. The van der Waals surface area contributed by atoms with Crippen molar-refractivity contribution in [1.82, 2.24) is 4.90 Å². The van der Waals surface area contributed by atoms with E-state index in [2.05, 4.69) is 4.90 Å². The van der Waals surface area contributed by atoms with Gasteiger partial charge in [0.2, 0.25) is 0 Å². The summed E-state index contributed by atoms with van der Waals surface area (Å²) >= 11 is 6.10. The smallest absolute Gasteiger partial charge is 0.146 e. The normalized spacial score (nSPS) is 19.2. The molecule has 0 aromatic heterocycles. The van der Waals surface area contributed by atoms with Crippen molar-refractivity contribution in [1.29, 1.82) is 0 Å². The SMILES string of the molecule is Nc1ccc(O)cc1OC[C@@H](O)CN1CCC2(CC1)Cc1cc(Cl)ccc1O2. The second kappa shape index (κ2) is 7.70. The Morgan fingerprint density at radius 1 is 1.21 bits per heavy atom. The average Bonchev–Trinajstić information content (AvgIpc) is 3.01. The predicted molar refractivity (Wildman–Crippen MR) is 108 cm³/mol. The Balaban J connectivity index is 1.26. The molecule has 150 valence electrons. The summed E-state index contributed by atoms with van der Waals surface area (Å²) < 4.78 is 11.8. The van der Waals surface area contributed by atoms with E-state index in [1.54, 1.807) is 6.07 Å². The van der Waals surface area contributed by atoms with Gasteiger partial charge in [0, 0.05) is 50.0 Å². The molecule has 4 rings (SSSR count). The second-order valence-electron chi connectivity index (χ2n) is 7.70. The zero-order valence-electron chi connectivity index (χ0n) is 15.6. The molecular formula is C21H25ClN2O4. The van der Waals surface area contributed by atoms with Gasteiger partial charge in [-0.2, -0.15) is 0 Å². The zero-order valence-corrected chi connectivity index (χ0v) is 16.4. The number of nitrogens with two attached hydrogens (primary N) is 1. The molecule has 0 unspecified atom stereocenters. The van der Waals surface area contributed by atoms with E-state index in [0.29, 0.717) is 18.0 Å². The number of aromatic hydroxyl groups is 1. The van der Waals surface area contributed by atoms with Gasteiger partial charge in [0.05, 0.1) is 5.69 Å². The molecule has 6 nitrogen and oxygen atoms in total. The summed E-state index contributed by atoms with van der Waals surface area (Å²) in [5.41, 5.74) is 7.28. The fourth-order valence-electron chi connectivity index (χ4n) is 4.01. The monoisotopic (exact) mass is 404 g/mol. The van der Waals surface area contributed by atoms with Crippen LogP contribution in [0.4, 0.5) is 5.69 Å². The minimum Gasteiger partial charge on any atom is -0.508 e. The number of hydrogen-bond donors (Lipinski definition) is 3. The predicted octanol–water partition coefficient (Wildman–Crippen LogP) is 2.84. The van der Waals surface area contributed by atoms with Crippen molar-refractivity contribution in [2.24, 2.45) is 0 Å². The number of aliphatic hydroxyl groups is 1. The van der Waals surface area contributed by atoms with E-state index in [0.717, 1.165) is 43.1 Å². The van der Waals surface area contributed by atoms with Crippen LogP contribution in [0.1, 0.15) is 18.4 Å². The van der Waals surface area contributed by atoms with Crippen LogP contribution in [0, 0.1) is 0 Å². The van der Waals surface area contributed by atoms with Crippen molar-refractivity contribution in [2.75, 3.05) is 32.0 Å². The Bertz CT molecular complexity index is 852. The fourth-order valence-corrected chi connectivity index (χ4v) is 4.20. The van der Waals surface area contributed by atoms with Crippen LogP contribution in [0.25, 0.3) is 0 Å². The summed E-state index contributed by atoms with van der Waals surface area (Å²) in [6.45, 7) is 2.35. The van der Waals surface area contributed by atoms with E-state index in [1.165, 1.54) is 17.7 Å². The number of likely N-dealkylation sites (tertiary alicyclic amines) is 1. The lowest BCUT2D eigenvalue weighted by Gasteiger charge is -2.39. The summed E-state index contributed by atoms with van der Waals surface area (Å²) in [7, 11) is 0. The maximum Gasteiger partial charge on any atom is 0.146 e. The van der Waals surface area contributed by atoms with Crippen LogP contribution in [0.2, 0.25) is 5.02 Å². The van der Waals surface area contributed by atoms with Gasteiger partial charge in [-0.1, -0.05) is 11.6 Å². The van der Waals surface area contributed by atoms with Crippen molar-refractivity contribution < 1.29 is 19.7 Å². The first-order valence-corrected chi connectivity index (χ1v) is 9.89. The number of benzene rings is 2. The second-order valence-corrected chi connectivity index (χ2v) is 8.14. The number of hydrogen-bond acceptors (Lipinski definition) is 6. The third-order valence-corrected chi connectivity index (χ3v) is 5.76. The molecule has 4 N–H and O–H groups in total. The number of anilines is 1. The number of halogens is 1. The molecule has 0 radical (unpaired) electrons. The highest BCUT2D eigenvalue weighted by atomic mass is 35.5. The largest absolute Gasteiger partial charge is 0.508 e. The number of rotatable bonds is 5. The van der Waals surface area contributed by atoms with Crippen molar-refractivity contribution in [3.63, 3.8) is 0 Å². The molecule has 28 heavy (non-hydrogen) atoms. The summed E-state index contributed by atoms with van der Waals surface area (Å²) in [6, 6.07) is 10.3. The van der Waals surface area contributed by atoms with Crippen LogP contribution < -0.4 is 15.2 Å². The lowest BCUT2D eigenvalue weighted by atomic mass is 9.87. The van der Waals surface area contributed by atoms with Gasteiger partial charge in [-0.05, 0) is 35.9 Å². The van der Waals surface area contributed by atoms with E-state index in [-0.39, 0.29) is 18.0 Å². The summed E-state index contributed by atoms with van der Waals surface area (Å²) in [6.07, 6.45) is 2.06. The van der Waals surface area contributed by atoms with Crippen LogP contribution >= 0.6 is 11.6 Å². The van der Waals surface area contributed by atoms with E-state index < -0.39 is 6.10 Å². The number of ether oxygens (including phenoxy) is 2. The molecule has 1 saturated heterocycles. The highest BCUT2D eigenvalue weighted by Gasteiger charge is 2.42. The maximum absolute atomic E-state index is 10.3. The highest BCUT2D eigenvalue weighted by Crippen LogP contribution is 2.41. The number of β-amino-alcohol motifs (C(OH)–C–C–N with tert-alkyl or cyclic N) is 1. The average molecular weight is 405 g/mol. The lowest BCUT2D eigenvalue weighted by molar-refractivity contribution is -0.00191. The minimum absolute atomic E-state index is 0.0823. The number of aliphatic hydroxyl groups excluding tert-OH is 1. The Hall–Kier alpha value is -2.15. The first-order chi connectivity index (χ1) is 13.4. The molecule has 0 saturated carbocycles. The molecule has 0 aliphatic carbocycles. The number of phenols is 1. The number of piperidine rings is 1. The zero-order chi connectivity index (χ0) is 19.7. The van der Waals surface area contributed by atoms with Gasteiger partial charge in [-0.3, -0.25) is 0 Å². The molecule has 1 fully saturated rings. The standard InChI is InChI=1S/C21H25ClN2O4/c22-15-1-4-19-14(9-15)11-21(28-19)5-7-24(8-6-21)12-17(26)13-27-20-10-16(25)2-3-18(20)23/h1-4,9-10,17,25-26H,5-8,11-13,23H2/t17-/m0/s1. The first-order valence-electron chi connectivity index (χ1n) is 9.52. The molecule has 2 aliphatic heterocycles. The van der Waals surface area contributed by atoms with E-state index >= 15 is 0 Å². The van der Waals surface area contributed by atoms with E-state index in [1.807, 2.05) is 18.2 Å². The number of phenolic OH excluding ortho intramolecular Hbond substituents is 1. The number of fused-ring (bicyclic) bond motifs is 1. The number of nitrogen functional groups attached to an aromatic ring is 1. The summed E-state index contributed by atoms with van der Waals surface area (Å²) in [5, 5.41) is 20.6. The molecule has 7 heteroatoms. The van der Waals surface area contributed by atoms with Gasteiger partial charge >= 0.3 is 0 Å². The molecule has 2 aromatic carbocycles. The Morgan fingerprint density at radius 3 is 2.79 bits per heavy atom. The molecule has 0 bridgehead atoms. The van der Waals surface area contributed by atoms with Crippen LogP contribution in [-0.2, 0) is 6.42 Å². The molecular weight excluding hydrogens is 380 g/mol. The molecule has 1 atom stereocenters. The highest BCUT2D eigenvalue weighted by molar-refractivity contribution is 6.30. The molecule has 2 heterocycles. The Kier molecular flexibility index (Phi) is 5.27. The summed E-state index contributed by atoms with van der Waals surface area (Å²) in [5.74, 6) is 1.40. The van der Waals surface area contributed by atoms with Crippen molar-refractivity contribution in [2.45, 2.75) is 31.0 Å². The molecule has 1 spiro atoms. The van der Waals surface area contributed by atoms with Crippen molar-refractivity contribution in [3.05, 3.63) is 47.0 Å². The van der Waals surface area contributed by atoms with Gasteiger partial charge < -0.3 is 30.3 Å². The maximum atomic E-state index is 10.3.